The lowest BCUT2D eigenvalue weighted by Gasteiger charge is -2.34. The third-order valence-corrected chi connectivity index (χ3v) is 3.57. The van der Waals surface area contributed by atoms with Gasteiger partial charge in [0.2, 0.25) is 0 Å². The number of unbranched alkanes of at least 4 members (excludes halogenated alkanes) is 1. The molecule has 102 valence electrons. The molecule has 2 nitrogen and oxygen atoms in total. The van der Waals surface area contributed by atoms with Gasteiger partial charge in [-0.1, -0.05) is 38.3 Å². The van der Waals surface area contributed by atoms with Crippen LogP contribution in [0.4, 0.5) is 10.1 Å². The molecule has 0 saturated heterocycles. The second-order valence-electron chi connectivity index (χ2n) is 4.72. The van der Waals surface area contributed by atoms with E-state index in [4.69, 9.17) is 17.3 Å². The van der Waals surface area contributed by atoms with E-state index >= 15 is 0 Å². The van der Waals surface area contributed by atoms with E-state index in [0.29, 0.717) is 17.3 Å². The van der Waals surface area contributed by atoms with Crippen LogP contribution in [0.25, 0.3) is 0 Å². The standard InChI is InChI=1S/C14H22ClFN2/c1-3-5-6-14(4-2,10-17)18-13-8-11(15)7-12(16)9-13/h7-9,18H,3-6,10,17H2,1-2H3. The molecule has 1 aromatic carbocycles. The molecule has 0 amide bonds. The maximum Gasteiger partial charge on any atom is 0.126 e. The quantitative estimate of drug-likeness (QED) is 0.781. The van der Waals surface area contributed by atoms with Gasteiger partial charge in [-0.05, 0) is 31.0 Å². The van der Waals surface area contributed by atoms with Gasteiger partial charge in [0.25, 0.3) is 0 Å². The van der Waals surface area contributed by atoms with Crippen LogP contribution in [0.2, 0.25) is 5.02 Å². The average Bonchev–Trinajstić information content (AvgIpc) is 2.33. The highest BCUT2D eigenvalue weighted by molar-refractivity contribution is 6.30. The van der Waals surface area contributed by atoms with Crippen LogP contribution in [0.1, 0.15) is 39.5 Å². The number of rotatable bonds is 7. The van der Waals surface area contributed by atoms with E-state index in [1.165, 1.54) is 12.1 Å². The highest BCUT2D eigenvalue weighted by Crippen LogP contribution is 2.26. The van der Waals surface area contributed by atoms with Gasteiger partial charge in [-0.25, -0.2) is 4.39 Å². The van der Waals surface area contributed by atoms with Gasteiger partial charge < -0.3 is 11.1 Å². The summed E-state index contributed by atoms with van der Waals surface area (Å²) in [4.78, 5) is 0. The van der Waals surface area contributed by atoms with Crippen LogP contribution in [0.3, 0.4) is 0 Å². The first-order chi connectivity index (χ1) is 8.55. The van der Waals surface area contributed by atoms with Crippen LogP contribution in [0.5, 0.6) is 0 Å². The average molecular weight is 273 g/mol. The Morgan fingerprint density at radius 3 is 2.56 bits per heavy atom. The molecule has 0 aliphatic heterocycles. The Morgan fingerprint density at radius 2 is 2.06 bits per heavy atom. The summed E-state index contributed by atoms with van der Waals surface area (Å²) in [5.41, 5.74) is 6.42. The minimum Gasteiger partial charge on any atom is -0.378 e. The summed E-state index contributed by atoms with van der Waals surface area (Å²) in [5, 5.41) is 3.76. The summed E-state index contributed by atoms with van der Waals surface area (Å²) in [7, 11) is 0. The third kappa shape index (κ3) is 4.14. The van der Waals surface area contributed by atoms with Gasteiger partial charge in [0.15, 0.2) is 0 Å². The lowest BCUT2D eigenvalue weighted by atomic mass is 9.89. The summed E-state index contributed by atoms with van der Waals surface area (Å²) in [6.45, 7) is 4.77. The Hall–Kier alpha value is -0.800. The van der Waals surface area contributed by atoms with Crippen LogP contribution in [-0.4, -0.2) is 12.1 Å². The van der Waals surface area contributed by atoms with Crippen molar-refractivity contribution in [2.45, 2.75) is 45.1 Å². The molecule has 0 fully saturated rings. The summed E-state index contributed by atoms with van der Waals surface area (Å²) in [6.07, 6.45) is 4.09. The third-order valence-electron chi connectivity index (χ3n) is 3.35. The molecule has 1 rings (SSSR count). The molecule has 18 heavy (non-hydrogen) atoms. The van der Waals surface area contributed by atoms with Crippen LogP contribution in [0, 0.1) is 5.82 Å². The normalized spacial score (nSPS) is 14.3. The Morgan fingerprint density at radius 1 is 1.33 bits per heavy atom. The monoisotopic (exact) mass is 272 g/mol. The van der Waals surface area contributed by atoms with Gasteiger partial charge in [0.1, 0.15) is 5.82 Å². The van der Waals surface area contributed by atoms with E-state index in [0.717, 1.165) is 25.7 Å². The molecule has 3 N–H and O–H groups in total. The number of nitrogens with two attached hydrogens (primary N) is 1. The highest BCUT2D eigenvalue weighted by atomic mass is 35.5. The molecule has 0 aliphatic carbocycles. The molecule has 0 radical (unpaired) electrons. The predicted octanol–water partition coefficient (Wildman–Crippen LogP) is 4.19. The fourth-order valence-electron chi connectivity index (χ4n) is 2.07. The molecule has 0 bridgehead atoms. The Labute approximate surface area is 114 Å². The molecule has 0 spiro atoms. The molecule has 0 heterocycles. The molecule has 4 heteroatoms. The lowest BCUT2D eigenvalue weighted by molar-refractivity contribution is 0.411. The SMILES string of the molecule is CCCCC(CC)(CN)Nc1cc(F)cc(Cl)c1. The number of anilines is 1. The minimum atomic E-state index is -0.331. The van der Waals surface area contributed by atoms with Crippen molar-refractivity contribution in [1.29, 1.82) is 0 Å². The van der Waals surface area contributed by atoms with Crippen LogP contribution < -0.4 is 11.1 Å². The summed E-state index contributed by atoms with van der Waals surface area (Å²) in [6, 6.07) is 4.49. The van der Waals surface area contributed by atoms with Crippen molar-refractivity contribution in [3.8, 4) is 0 Å². The van der Waals surface area contributed by atoms with Crippen LogP contribution in [-0.2, 0) is 0 Å². The smallest absolute Gasteiger partial charge is 0.126 e. The van der Waals surface area contributed by atoms with Crippen molar-refractivity contribution in [3.63, 3.8) is 0 Å². The molecular weight excluding hydrogens is 251 g/mol. The van der Waals surface area contributed by atoms with E-state index in [2.05, 4.69) is 19.2 Å². The van der Waals surface area contributed by atoms with Gasteiger partial charge in [0.05, 0.1) is 0 Å². The fraction of sp³-hybridized carbons (Fsp3) is 0.571. The van der Waals surface area contributed by atoms with Crippen molar-refractivity contribution >= 4 is 17.3 Å². The van der Waals surface area contributed by atoms with Crippen molar-refractivity contribution < 1.29 is 4.39 Å². The number of benzene rings is 1. The van der Waals surface area contributed by atoms with E-state index in [1.807, 2.05) is 0 Å². The predicted molar refractivity (Wildman–Crippen MR) is 76.6 cm³/mol. The summed E-state index contributed by atoms with van der Waals surface area (Å²) in [5.74, 6) is -0.331. The van der Waals surface area contributed by atoms with Crippen molar-refractivity contribution in [3.05, 3.63) is 29.0 Å². The first kappa shape index (κ1) is 15.3. The first-order valence-corrected chi connectivity index (χ1v) is 6.87. The minimum absolute atomic E-state index is 0.173. The number of hydrogen-bond donors (Lipinski definition) is 2. The Kier molecular flexibility index (Phi) is 5.89. The first-order valence-electron chi connectivity index (χ1n) is 6.49. The van der Waals surface area contributed by atoms with E-state index in [9.17, 15) is 4.39 Å². The maximum absolute atomic E-state index is 13.3. The van der Waals surface area contributed by atoms with Gasteiger partial charge in [-0.15, -0.1) is 0 Å². The van der Waals surface area contributed by atoms with E-state index in [-0.39, 0.29) is 11.4 Å². The summed E-state index contributed by atoms with van der Waals surface area (Å²) < 4.78 is 13.3. The molecular formula is C14H22ClFN2. The molecule has 1 unspecified atom stereocenters. The number of halogens is 2. The molecule has 1 atom stereocenters. The molecule has 0 aliphatic rings. The zero-order valence-corrected chi connectivity index (χ0v) is 11.9. The number of hydrogen-bond acceptors (Lipinski definition) is 2. The van der Waals surface area contributed by atoms with Crippen molar-refractivity contribution in [2.75, 3.05) is 11.9 Å². The molecule has 0 saturated carbocycles. The second-order valence-corrected chi connectivity index (χ2v) is 5.16. The van der Waals surface area contributed by atoms with Crippen molar-refractivity contribution in [2.24, 2.45) is 5.73 Å². The van der Waals surface area contributed by atoms with E-state index < -0.39 is 0 Å². The highest BCUT2D eigenvalue weighted by Gasteiger charge is 2.25. The maximum atomic E-state index is 13.3. The lowest BCUT2D eigenvalue weighted by Crippen LogP contribution is -2.45. The van der Waals surface area contributed by atoms with Gasteiger partial charge in [-0.3, -0.25) is 0 Å². The zero-order valence-electron chi connectivity index (χ0n) is 11.1. The van der Waals surface area contributed by atoms with Crippen LogP contribution in [0.15, 0.2) is 18.2 Å². The van der Waals surface area contributed by atoms with Gasteiger partial charge in [-0.2, -0.15) is 0 Å². The largest absolute Gasteiger partial charge is 0.378 e. The summed E-state index contributed by atoms with van der Waals surface area (Å²) >= 11 is 5.86. The fourth-order valence-corrected chi connectivity index (χ4v) is 2.29. The topological polar surface area (TPSA) is 38.0 Å². The van der Waals surface area contributed by atoms with Gasteiger partial charge >= 0.3 is 0 Å². The molecule has 0 aromatic heterocycles. The van der Waals surface area contributed by atoms with Crippen molar-refractivity contribution in [1.82, 2.24) is 0 Å². The Balaban J connectivity index is 2.88. The van der Waals surface area contributed by atoms with Gasteiger partial charge in [0, 0.05) is 22.8 Å². The Bertz CT molecular complexity index is 358. The van der Waals surface area contributed by atoms with Crippen LogP contribution >= 0.6 is 11.6 Å². The second kappa shape index (κ2) is 6.95. The zero-order chi connectivity index (χ0) is 13.6. The molecule has 1 aromatic rings. The number of nitrogens with one attached hydrogen (secondary N) is 1. The van der Waals surface area contributed by atoms with E-state index in [1.54, 1.807) is 6.07 Å².